The molecule has 1 aliphatic heterocycles. The summed E-state index contributed by atoms with van der Waals surface area (Å²) < 4.78 is 0.869. The summed E-state index contributed by atoms with van der Waals surface area (Å²) in [4.78, 5) is 48.3. The third-order valence-corrected chi connectivity index (χ3v) is 6.85. The second-order valence-corrected chi connectivity index (χ2v) is 8.87. The van der Waals surface area contributed by atoms with Crippen LogP contribution in [0.2, 0.25) is 5.02 Å². The number of rotatable bonds is 8. The summed E-state index contributed by atoms with van der Waals surface area (Å²) in [7, 11) is 0. The van der Waals surface area contributed by atoms with Crippen molar-refractivity contribution in [3.63, 3.8) is 0 Å². The summed E-state index contributed by atoms with van der Waals surface area (Å²) in [6.45, 7) is 6.55. The van der Waals surface area contributed by atoms with E-state index in [0.717, 1.165) is 28.2 Å². The standard InChI is InChI=1S/C23H23ClN4O3S/c1-3-26(4-2)11-12-27(23-25-18-10-9-15(24)13-19(18)32-23)20(29)14-28-21(30)16-7-5-6-8-17(16)22(28)31/h5-10,13H,3-4,11-12,14H2,1-2H3. The van der Waals surface area contributed by atoms with E-state index in [1.54, 1.807) is 35.2 Å². The highest BCUT2D eigenvalue weighted by molar-refractivity contribution is 7.22. The zero-order valence-electron chi connectivity index (χ0n) is 17.9. The van der Waals surface area contributed by atoms with E-state index in [1.165, 1.54) is 11.3 Å². The highest BCUT2D eigenvalue weighted by Crippen LogP contribution is 2.31. The van der Waals surface area contributed by atoms with E-state index in [1.807, 2.05) is 12.1 Å². The van der Waals surface area contributed by atoms with E-state index < -0.39 is 11.8 Å². The first-order chi connectivity index (χ1) is 15.4. The Bertz CT molecular complexity index is 1160. The van der Waals surface area contributed by atoms with Gasteiger partial charge in [-0.2, -0.15) is 0 Å². The van der Waals surface area contributed by atoms with Gasteiger partial charge in [-0.15, -0.1) is 0 Å². The number of benzene rings is 2. The highest BCUT2D eigenvalue weighted by Gasteiger charge is 2.37. The van der Waals surface area contributed by atoms with Gasteiger partial charge in [0.25, 0.3) is 11.8 Å². The quantitative estimate of drug-likeness (QED) is 0.466. The summed E-state index contributed by atoms with van der Waals surface area (Å²) >= 11 is 7.47. The van der Waals surface area contributed by atoms with Gasteiger partial charge in [-0.25, -0.2) is 4.98 Å². The Morgan fingerprint density at radius 1 is 1.03 bits per heavy atom. The summed E-state index contributed by atoms with van der Waals surface area (Å²) in [5, 5.41) is 1.12. The number of imide groups is 1. The van der Waals surface area contributed by atoms with Gasteiger partial charge in [0.15, 0.2) is 5.13 Å². The molecule has 0 N–H and O–H groups in total. The van der Waals surface area contributed by atoms with Gasteiger partial charge in [-0.1, -0.05) is 48.9 Å². The number of halogens is 1. The van der Waals surface area contributed by atoms with Crippen LogP contribution in [-0.4, -0.2) is 65.2 Å². The molecule has 3 amide bonds. The average Bonchev–Trinajstić information content (AvgIpc) is 3.31. The Morgan fingerprint density at radius 3 is 2.31 bits per heavy atom. The van der Waals surface area contributed by atoms with Crippen LogP contribution >= 0.6 is 22.9 Å². The number of thiazole rings is 1. The molecular weight excluding hydrogens is 448 g/mol. The molecule has 1 aromatic heterocycles. The number of hydrogen-bond donors (Lipinski definition) is 0. The van der Waals surface area contributed by atoms with Gasteiger partial charge in [0.2, 0.25) is 5.91 Å². The first kappa shape index (κ1) is 22.4. The molecule has 0 atom stereocenters. The summed E-state index contributed by atoms with van der Waals surface area (Å²) in [6, 6.07) is 12.0. The normalized spacial score (nSPS) is 13.3. The maximum atomic E-state index is 13.4. The minimum Gasteiger partial charge on any atom is -0.302 e. The third kappa shape index (κ3) is 4.26. The SMILES string of the molecule is CCN(CC)CCN(C(=O)CN1C(=O)c2ccccc2C1=O)c1nc2ccc(Cl)cc2s1. The molecule has 1 aliphatic rings. The van der Waals surface area contributed by atoms with Gasteiger partial charge in [-0.3, -0.25) is 24.2 Å². The Kier molecular flexibility index (Phi) is 6.55. The molecule has 2 heterocycles. The largest absolute Gasteiger partial charge is 0.302 e. The minimum atomic E-state index is -0.446. The van der Waals surface area contributed by atoms with Crippen LogP contribution in [0.4, 0.5) is 5.13 Å². The van der Waals surface area contributed by atoms with Crippen molar-refractivity contribution in [2.45, 2.75) is 13.8 Å². The van der Waals surface area contributed by atoms with E-state index in [2.05, 4.69) is 23.7 Å². The second-order valence-electron chi connectivity index (χ2n) is 7.42. The van der Waals surface area contributed by atoms with Crippen LogP contribution in [-0.2, 0) is 4.79 Å². The van der Waals surface area contributed by atoms with Crippen molar-refractivity contribution in [3.8, 4) is 0 Å². The summed E-state index contributed by atoms with van der Waals surface area (Å²) in [5.74, 6) is -1.24. The molecule has 0 bridgehead atoms. The van der Waals surface area contributed by atoms with Crippen molar-refractivity contribution in [3.05, 3.63) is 58.6 Å². The maximum absolute atomic E-state index is 13.4. The highest BCUT2D eigenvalue weighted by atomic mass is 35.5. The van der Waals surface area contributed by atoms with Crippen molar-refractivity contribution >= 4 is 56.0 Å². The topological polar surface area (TPSA) is 73.8 Å². The van der Waals surface area contributed by atoms with Gasteiger partial charge in [-0.05, 0) is 43.4 Å². The Labute approximate surface area is 195 Å². The molecule has 0 spiro atoms. The smallest absolute Gasteiger partial charge is 0.262 e. The fraction of sp³-hybridized carbons (Fsp3) is 0.304. The first-order valence-corrected chi connectivity index (χ1v) is 11.7. The lowest BCUT2D eigenvalue weighted by atomic mass is 10.1. The van der Waals surface area contributed by atoms with Crippen molar-refractivity contribution in [1.82, 2.24) is 14.8 Å². The number of nitrogens with zero attached hydrogens (tertiary/aromatic N) is 4. The molecule has 0 radical (unpaired) electrons. The van der Waals surface area contributed by atoms with Crippen molar-refractivity contribution in [2.75, 3.05) is 37.6 Å². The van der Waals surface area contributed by atoms with Gasteiger partial charge in [0.05, 0.1) is 21.3 Å². The second kappa shape index (κ2) is 9.36. The molecule has 3 aromatic rings. The number of carbonyl (C=O) groups is 3. The van der Waals surface area contributed by atoms with Crippen LogP contribution in [0.25, 0.3) is 10.2 Å². The van der Waals surface area contributed by atoms with Crippen LogP contribution in [0.15, 0.2) is 42.5 Å². The summed E-state index contributed by atoms with van der Waals surface area (Å²) in [6.07, 6.45) is 0. The maximum Gasteiger partial charge on any atom is 0.262 e. The molecular formula is C23H23ClN4O3S. The molecule has 0 saturated carbocycles. The molecule has 0 saturated heterocycles. The molecule has 9 heteroatoms. The van der Waals surface area contributed by atoms with Crippen LogP contribution in [0.5, 0.6) is 0 Å². The molecule has 32 heavy (non-hydrogen) atoms. The zero-order chi connectivity index (χ0) is 22.8. The van der Waals surface area contributed by atoms with E-state index in [9.17, 15) is 14.4 Å². The van der Waals surface area contributed by atoms with Gasteiger partial charge in [0.1, 0.15) is 6.54 Å². The monoisotopic (exact) mass is 470 g/mol. The van der Waals surface area contributed by atoms with Gasteiger partial charge < -0.3 is 4.90 Å². The number of anilines is 1. The molecule has 0 fully saturated rings. The van der Waals surface area contributed by atoms with Gasteiger partial charge >= 0.3 is 0 Å². The van der Waals surface area contributed by atoms with E-state index in [0.29, 0.717) is 34.4 Å². The van der Waals surface area contributed by atoms with E-state index >= 15 is 0 Å². The average molecular weight is 471 g/mol. The van der Waals surface area contributed by atoms with E-state index in [4.69, 9.17) is 11.6 Å². The Hall–Kier alpha value is -2.81. The number of likely N-dealkylation sites (N-methyl/N-ethyl adjacent to an activating group) is 1. The lowest BCUT2D eigenvalue weighted by Gasteiger charge is -2.26. The number of amides is 3. The molecule has 0 aliphatic carbocycles. The summed E-state index contributed by atoms with van der Waals surface area (Å²) in [5.41, 5.74) is 1.40. The molecule has 0 unspecified atom stereocenters. The zero-order valence-corrected chi connectivity index (χ0v) is 19.4. The fourth-order valence-corrected chi connectivity index (χ4v) is 5.00. The number of hydrogen-bond acceptors (Lipinski definition) is 6. The van der Waals surface area contributed by atoms with Crippen molar-refractivity contribution < 1.29 is 14.4 Å². The lowest BCUT2D eigenvalue weighted by Crippen LogP contribution is -2.45. The van der Waals surface area contributed by atoms with Crippen LogP contribution < -0.4 is 4.90 Å². The molecule has 166 valence electrons. The molecule has 2 aromatic carbocycles. The lowest BCUT2D eigenvalue weighted by molar-refractivity contribution is -0.119. The predicted octanol–water partition coefficient (Wildman–Crippen LogP) is 3.92. The van der Waals surface area contributed by atoms with Crippen LogP contribution in [0.1, 0.15) is 34.6 Å². The Morgan fingerprint density at radius 2 is 1.69 bits per heavy atom. The number of aromatic nitrogens is 1. The van der Waals surface area contributed by atoms with Crippen molar-refractivity contribution in [2.24, 2.45) is 0 Å². The first-order valence-electron chi connectivity index (χ1n) is 10.5. The Balaban J connectivity index is 1.61. The third-order valence-electron chi connectivity index (χ3n) is 5.58. The van der Waals surface area contributed by atoms with Crippen LogP contribution in [0.3, 0.4) is 0 Å². The molecule has 4 rings (SSSR count). The minimum absolute atomic E-state index is 0.328. The van der Waals surface area contributed by atoms with Crippen LogP contribution in [0, 0.1) is 0 Å². The van der Waals surface area contributed by atoms with Crippen molar-refractivity contribution in [1.29, 1.82) is 0 Å². The number of carbonyl (C=O) groups excluding carboxylic acids is 3. The van der Waals surface area contributed by atoms with E-state index in [-0.39, 0.29) is 12.5 Å². The molecule has 7 nitrogen and oxygen atoms in total. The number of fused-ring (bicyclic) bond motifs is 2. The predicted molar refractivity (Wildman–Crippen MR) is 127 cm³/mol. The van der Waals surface area contributed by atoms with Gasteiger partial charge in [0, 0.05) is 18.1 Å². The fourth-order valence-electron chi connectivity index (χ4n) is 3.71.